The molecule has 170 valence electrons. The molecule has 1 N–H and O–H groups in total. The maximum absolute atomic E-state index is 14.8. The molecule has 34 heavy (non-hydrogen) atoms. The number of hydrogen-bond donors (Lipinski definition) is 1. The molecule has 0 atom stereocenters. The molecule has 0 spiro atoms. The van der Waals surface area contributed by atoms with Gasteiger partial charge in [0.1, 0.15) is 11.3 Å². The van der Waals surface area contributed by atoms with E-state index in [2.05, 4.69) is 15.1 Å². The van der Waals surface area contributed by atoms with Crippen LogP contribution in [-0.2, 0) is 0 Å². The molecule has 0 aliphatic heterocycles. The first kappa shape index (κ1) is 21.3. The summed E-state index contributed by atoms with van der Waals surface area (Å²) in [6.07, 6.45) is 0. The van der Waals surface area contributed by atoms with Gasteiger partial charge in [-0.25, -0.2) is 27.2 Å². The Bertz CT molecular complexity index is 1730. The fraction of sp³-hybridized carbons (Fsp3) is 0.0435. The number of fused-ring (bicyclic) bond motifs is 2. The van der Waals surface area contributed by atoms with E-state index in [-0.39, 0.29) is 11.2 Å². The zero-order valence-corrected chi connectivity index (χ0v) is 17.2. The molecule has 0 saturated heterocycles. The quantitative estimate of drug-likeness (QED) is 0.247. The van der Waals surface area contributed by atoms with Crippen LogP contribution in [0.1, 0.15) is 0 Å². The fourth-order valence-corrected chi connectivity index (χ4v) is 3.60. The first-order valence-corrected chi connectivity index (χ1v) is 9.74. The van der Waals surface area contributed by atoms with E-state index in [4.69, 9.17) is 4.74 Å². The zero-order valence-electron chi connectivity index (χ0n) is 17.2. The molecule has 5 rings (SSSR count). The van der Waals surface area contributed by atoms with Gasteiger partial charge in [-0.3, -0.25) is 9.59 Å². The van der Waals surface area contributed by atoms with Crippen molar-refractivity contribution >= 4 is 21.9 Å². The van der Waals surface area contributed by atoms with Crippen LogP contribution in [-0.4, -0.2) is 26.9 Å². The Morgan fingerprint density at radius 3 is 2.24 bits per heavy atom. The summed E-state index contributed by atoms with van der Waals surface area (Å²) in [5.41, 5.74) is -3.60. The Morgan fingerprint density at radius 2 is 1.53 bits per heavy atom. The van der Waals surface area contributed by atoms with Gasteiger partial charge in [-0.05, 0) is 36.4 Å². The number of ether oxygens (including phenoxy) is 1. The van der Waals surface area contributed by atoms with Gasteiger partial charge in [0.2, 0.25) is 5.43 Å². The summed E-state index contributed by atoms with van der Waals surface area (Å²) in [6.45, 7) is 0. The molecular weight excluding hydrogens is 456 g/mol. The fourth-order valence-electron chi connectivity index (χ4n) is 3.60. The minimum absolute atomic E-state index is 0.0496. The lowest BCUT2D eigenvalue weighted by atomic mass is 10.1. The summed E-state index contributed by atoms with van der Waals surface area (Å²) in [7, 11) is 1.41. The second kappa shape index (κ2) is 7.80. The van der Waals surface area contributed by atoms with Crippen LogP contribution in [0.25, 0.3) is 39.0 Å². The van der Waals surface area contributed by atoms with E-state index in [1.165, 1.54) is 31.4 Å². The lowest BCUT2D eigenvalue weighted by molar-refractivity contribution is 0.414. The predicted octanol–water partition coefficient (Wildman–Crippen LogP) is 3.85. The smallest absolute Gasteiger partial charge is 0.276 e. The van der Waals surface area contributed by atoms with Crippen molar-refractivity contribution < 1.29 is 22.3 Å². The van der Waals surface area contributed by atoms with Crippen LogP contribution in [0.5, 0.6) is 5.75 Å². The van der Waals surface area contributed by atoms with Crippen LogP contribution in [0.2, 0.25) is 0 Å². The second-order valence-corrected chi connectivity index (χ2v) is 7.20. The molecule has 0 aliphatic rings. The van der Waals surface area contributed by atoms with E-state index >= 15 is 0 Å². The molecule has 0 bridgehead atoms. The van der Waals surface area contributed by atoms with Gasteiger partial charge < -0.3 is 9.72 Å². The highest BCUT2D eigenvalue weighted by Gasteiger charge is 2.28. The number of rotatable bonds is 3. The third-order valence-corrected chi connectivity index (χ3v) is 5.24. The molecule has 3 aromatic carbocycles. The number of aromatic nitrogens is 4. The van der Waals surface area contributed by atoms with Crippen molar-refractivity contribution in [3.63, 3.8) is 0 Å². The number of hydrogen-bond acceptors (Lipinski definition) is 5. The first-order valence-electron chi connectivity index (χ1n) is 9.74. The van der Waals surface area contributed by atoms with Crippen molar-refractivity contribution in [2.45, 2.75) is 0 Å². The maximum Gasteiger partial charge on any atom is 0.276 e. The van der Waals surface area contributed by atoms with Gasteiger partial charge in [-0.1, -0.05) is 12.1 Å². The normalized spacial score (nSPS) is 11.3. The van der Waals surface area contributed by atoms with E-state index in [9.17, 15) is 27.2 Å². The van der Waals surface area contributed by atoms with Crippen LogP contribution in [0.3, 0.4) is 0 Å². The monoisotopic (exact) mass is 468 g/mol. The molecule has 5 aromatic rings. The van der Waals surface area contributed by atoms with Gasteiger partial charge in [0, 0.05) is 0 Å². The van der Waals surface area contributed by atoms with Crippen LogP contribution in [0.15, 0.2) is 58.1 Å². The summed E-state index contributed by atoms with van der Waals surface area (Å²) in [4.78, 5) is 32.5. The van der Waals surface area contributed by atoms with Crippen molar-refractivity contribution in [3.8, 4) is 22.8 Å². The number of aromatic amines is 1. The van der Waals surface area contributed by atoms with Crippen molar-refractivity contribution in [1.29, 1.82) is 0 Å². The molecule has 0 aliphatic carbocycles. The van der Waals surface area contributed by atoms with E-state index < -0.39 is 56.5 Å². The molecule has 0 fully saturated rings. The Kier molecular flexibility index (Phi) is 4.89. The van der Waals surface area contributed by atoms with Crippen LogP contribution in [0.4, 0.5) is 17.6 Å². The van der Waals surface area contributed by atoms with Gasteiger partial charge in [-0.15, -0.1) is 0 Å². The number of benzene rings is 3. The second-order valence-electron chi connectivity index (χ2n) is 7.20. The Balaban J connectivity index is 1.95. The van der Waals surface area contributed by atoms with Gasteiger partial charge in [-0.2, -0.15) is 5.10 Å². The predicted molar refractivity (Wildman–Crippen MR) is 115 cm³/mol. The molecular formula is C23H12F4N4O3. The number of methoxy groups -OCH3 is 1. The number of H-pyrrole nitrogens is 1. The van der Waals surface area contributed by atoms with E-state index in [1.807, 2.05) is 0 Å². The Hall–Kier alpha value is -4.54. The summed E-state index contributed by atoms with van der Waals surface area (Å²) >= 11 is 0. The van der Waals surface area contributed by atoms with E-state index in [1.54, 1.807) is 24.3 Å². The third-order valence-electron chi connectivity index (χ3n) is 5.24. The lowest BCUT2D eigenvalue weighted by Gasteiger charge is -2.14. The van der Waals surface area contributed by atoms with Crippen molar-refractivity contribution in [2.75, 3.05) is 7.11 Å². The van der Waals surface area contributed by atoms with Gasteiger partial charge in [0.05, 0.1) is 29.2 Å². The molecule has 0 saturated carbocycles. The lowest BCUT2D eigenvalue weighted by Crippen LogP contribution is -2.23. The van der Waals surface area contributed by atoms with Crippen molar-refractivity contribution in [1.82, 2.24) is 19.7 Å². The summed E-state index contributed by atoms with van der Waals surface area (Å²) in [5, 5.41) is 2.90. The highest BCUT2D eigenvalue weighted by Crippen LogP contribution is 2.28. The van der Waals surface area contributed by atoms with Crippen LogP contribution in [0, 0.1) is 23.3 Å². The van der Waals surface area contributed by atoms with Crippen LogP contribution >= 0.6 is 0 Å². The average Bonchev–Trinajstić information content (AvgIpc) is 2.85. The standard InChI is InChI=1S/C23H12F4N4O3/c1-34-11-8-6-10(7-9-11)31-21-14(15(24)16(25)17(26)18(21)27)22(32)19(30-31)20-23(33)29-13-5-3-2-4-12(13)28-20/h2-9H,1H3,(H,29,33). The van der Waals surface area contributed by atoms with Gasteiger partial charge in [0.15, 0.2) is 34.7 Å². The highest BCUT2D eigenvalue weighted by atomic mass is 19.2. The average molecular weight is 468 g/mol. The minimum atomic E-state index is -2.17. The van der Waals surface area contributed by atoms with Crippen molar-refractivity contribution in [2.24, 2.45) is 0 Å². The highest BCUT2D eigenvalue weighted by molar-refractivity contribution is 5.85. The Morgan fingerprint density at radius 1 is 0.853 bits per heavy atom. The van der Waals surface area contributed by atoms with E-state index in [0.717, 1.165) is 0 Å². The molecule has 0 unspecified atom stereocenters. The molecule has 2 aromatic heterocycles. The molecule has 0 amide bonds. The summed E-state index contributed by atoms with van der Waals surface area (Å²) < 4.78 is 63.6. The largest absolute Gasteiger partial charge is 0.497 e. The maximum atomic E-state index is 14.8. The molecule has 11 heteroatoms. The number of nitrogens with one attached hydrogen (secondary N) is 1. The van der Waals surface area contributed by atoms with E-state index in [0.29, 0.717) is 15.9 Å². The SMILES string of the molecule is COc1ccc(-n2nc(-c3nc4ccccc4[nH]c3=O)c(=O)c3c(F)c(F)c(F)c(F)c32)cc1. The molecule has 2 heterocycles. The molecule has 7 nitrogen and oxygen atoms in total. The minimum Gasteiger partial charge on any atom is -0.497 e. The molecule has 0 radical (unpaired) electrons. The first-order chi connectivity index (χ1) is 16.3. The number of nitrogens with zero attached hydrogens (tertiary/aromatic N) is 3. The summed E-state index contributed by atoms with van der Waals surface area (Å²) in [6, 6.07) is 12.1. The van der Waals surface area contributed by atoms with Crippen molar-refractivity contribution in [3.05, 3.63) is 92.4 Å². The topological polar surface area (TPSA) is 89.9 Å². The zero-order chi connectivity index (χ0) is 24.1. The Labute approximate surface area is 186 Å². The van der Waals surface area contributed by atoms with Gasteiger partial charge >= 0.3 is 0 Å². The number of halogens is 4. The van der Waals surface area contributed by atoms with Crippen LogP contribution < -0.4 is 15.7 Å². The third kappa shape index (κ3) is 3.12. The van der Waals surface area contributed by atoms with Gasteiger partial charge in [0.25, 0.3) is 5.56 Å². The summed E-state index contributed by atoms with van der Waals surface area (Å²) in [5.74, 6) is -7.60. The number of para-hydroxylation sites is 2.